The zero-order valence-corrected chi connectivity index (χ0v) is 17.1. The minimum Gasteiger partial charge on any atom is -0.493 e. The molecule has 4 heteroatoms. The number of carbonyl (C=O) groups excluding carboxylic acids is 1. The van der Waals surface area contributed by atoms with Gasteiger partial charge in [0.25, 0.3) is 5.91 Å². The number of carbonyl (C=O) groups is 1. The molecule has 2 aromatic rings. The van der Waals surface area contributed by atoms with Gasteiger partial charge in [-0.3, -0.25) is 4.79 Å². The second-order valence-corrected chi connectivity index (χ2v) is 7.55. The Labute approximate surface area is 162 Å². The van der Waals surface area contributed by atoms with E-state index < -0.39 is 0 Å². The number of hydrogen-bond donors (Lipinski definition) is 1. The summed E-state index contributed by atoms with van der Waals surface area (Å²) in [5.74, 6) is 1.53. The van der Waals surface area contributed by atoms with Crippen LogP contribution in [0, 0.1) is 0 Å². The summed E-state index contributed by atoms with van der Waals surface area (Å²) in [5, 5.41) is 2.91. The van der Waals surface area contributed by atoms with Crippen LogP contribution < -0.4 is 14.8 Å². The zero-order chi connectivity index (χ0) is 19.9. The Hall–Kier alpha value is -2.49. The van der Waals surface area contributed by atoms with Crippen molar-refractivity contribution < 1.29 is 14.3 Å². The second kappa shape index (κ2) is 9.45. The Kier molecular flexibility index (Phi) is 7.28. The fraction of sp³-hybridized carbons (Fsp3) is 0.435. The Morgan fingerprint density at radius 3 is 2.41 bits per heavy atom. The number of para-hydroxylation sites is 1. The number of benzene rings is 2. The van der Waals surface area contributed by atoms with E-state index in [2.05, 4.69) is 32.2 Å². The van der Waals surface area contributed by atoms with Gasteiger partial charge in [0.2, 0.25) is 0 Å². The van der Waals surface area contributed by atoms with E-state index in [0.29, 0.717) is 25.3 Å². The van der Waals surface area contributed by atoms with Crippen LogP contribution in [-0.4, -0.2) is 19.1 Å². The van der Waals surface area contributed by atoms with Crippen LogP contribution in [0.1, 0.15) is 62.5 Å². The smallest absolute Gasteiger partial charge is 0.251 e. The Balaban J connectivity index is 2.25. The first-order valence-electron chi connectivity index (χ1n) is 9.63. The summed E-state index contributed by atoms with van der Waals surface area (Å²) in [5.41, 5.74) is 2.63. The number of ether oxygens (including phenoxy) is 2. The maximum Gasteiger partial charge on any atom is 0.251 e. The molecular formula is C23H31NO3. The standard InChI is InChI=1S/C23H31NO3/c1-6-14-24-22(25)17-12-13-20(26-7-2)18(15-17)16-27-21-11-9-8-10-19(21)23(3,4)5/h8-13,15H,6-7,14,16H2,1-5H3,(H,24,25). The first-order valence-corrected chi connectivity index (χ1v) is 9.63. The van der Waals surface area contributed by atoms with Gasteiger partial charge in [-0.1, -0.05) is 45.9 Å². The van der Waals surface area contributed by atoms with E-state index in [1.807, 2.05) is 44.2 Å². The predicted octanol–water partition coefficient (Wildman–Crippen LogP) is 5.10. The van der Waals surface area contributed by atoms with Crippen LogP contribution in [0.5, 0.6) is 11.5 Å². The average molecular weight is 370 g/mol. The molecule has 1 N–H and O–H groups in total. The number of hydrogen-bond acceptors (Lipinski definition) is 3. The Bertz CT molecular complexity index is 762. The molecule has 2 rings (SSSR count). The molecule has 0 aliphatic carbocycles. The summed E-state index contributed by atoms with van der Waals surface area (Å²) in [7, 11) is 0. The van der Waals surface area contributed by atoms with Crippen LogP contribution in [0.2, 0.25) is 0 Å². The lowest BCUT2D eigenvalue weighted by Gasteiger charge is -2.23. The van der Waals surface area contributed by atoms with Crippen LogP contribution >= 0.6 is 0 Å². The largest absolute Gasteiger partial charge is 0.493 e. The maximum absolute atomic E-state index is 12.3. The van der Waals surface area contributed by atoms with E-state index in [9.17, 15) is 4.79 Å². The summed E-state index contributed by atoms with van der Waals surface area (Å²) < 4.78 is 11.9. The van der Waals surface area contributed by atoms with Gasteiger partial charge in [-0.25, -0.2) is 0 Å². The van der Waals surface area contributed by atoms with Crippen molar-refractivity contribution in [1.29, 1.82) is 0 Å². The fourth-order valence-electron chi connectivity index (χ4n) is 2.84. The molecule has 0 aliphatic rings. The predicted molar refractivity (Wildman–Crippen MR) is 110 cm³/mol. The molecule has 146 valence electrons. The highest BCUT2D eigenvalue weighted by molar-refractivity contribution is 5.94. The van der Waals surface area contributed by atoms with Crippen LogP contribution in [0.15, 0.2) is 42.5 Å². The molecule has 0 aliphatic heterocycles. The zero-order valence-electron chi connectivity index (χ0n) is 17.1. The maximum atomic E-state index is 12.3. The van der Waals surface area contributed by atoms with Gasteiger partial charge in [0.1, 0.15) is 18.1 Å². The van der Waals surface area contributed by atoms with Crippen molar-refractivity contribution in [3.8, 4) is 11.5 Å². The van der Waals surface area contributed by atoms with E-state index in [-0.39, 0.29) is 11.3 Å². The lowest BCUT2D eigenvalue weighted by atomic mass is 9.86. The van der Waals surface area contributed by atoms with Crippen molar-refractivity contribution in [2.75, 3.05) is 13.2 Å². The third-order valence-corrected chi connectivity index (χ3v) is 4.24. The summed E-state index contributed by atoms with van der Waals surface area (Å²) in [4.78, 5) is 12.3. The normalized spacial score (nSPS) is 11.1. The molecule has 2 aromatic carbocycles. The first kappa shape index (κ1) is 20.8. The van der Waals surface area contributed by atoms with Crippen LogP contribution in [0.4, 0.5) is 0 Å². The van der Waals surface area contributed by atoms with Crippen molar-refractivity contribution >= 4 is 5.91 Å². The van der Waals surface area contributed by atoms with E-state index in [1.165, 1.54) is 0 Å². The topological polar surface area (TPSA) is 47.6 Å². The van der Waals surface area contributed by atoms with Gasteiger partial charge in [0.15, 0.2) is 0 Å². The lowest BCUT2D eigenvalue weighted by Crippen LogP contribution is -2.24. The molecule has 0 radical (unpaired) electrons. The van der Waals surface area contributed by atoms with Crippen LogP contribution in [0.3, 0.4) is 0 Å². The summed E-state index contributed by atoms with van der Waals surface area (Å²) in [6, 6.07) is 13.6. The summed E-state index contributed by atoms with van der Waals surface area (Å²) in [6.45, 7) is 12.0. The number of nitrogens with one attached hydrogen (secondary N) is 1. The van der Waals surface area contributed by atoms with Gasteiger partial charge in [0, 0.05) is 17.7 Å². The summed E-state index contributed by atoms with van der Waals surface area (Å²) in [6.07, 6.45) is 0.905. The third kappa shape index (κ3) is 5.75. The lowest BCUT2D eigenvalue weighted by molar-refractivity contribution is 0.0953. The fourth-order valence-corrected chi connectivity index (χ4v) is 2.84. The monoisotopic (exact) mass is 369 g/mol. The van der Waals surface area contributed by atoms with Gasteiger partial charge in [-0.2, -0.15) is 0 Å². The quantitative estimate of drug-likeness (QED) is 0.704. The SMILES string of the molecule is CCCNC(=O)c1ccc(OCC)c(COc2ccccc2C(C)(C)C)c1. The minimum atomic E-state index is -0.0729. The van der Waals surface area contributed by atoms with Crippen molar-refractivity contribution in [3.05, 3.63) is 59.2 Å². The minimum absolute atomic E-state index is 0.0127. The van der Waals surface area contributed by atoms with Crippen molar-refractivity contribution in [2.24, 2.45) is 0 Å². The summed E-state index contributed by atoms with van der Waals surface area (Å²) >= 11 is 0. The van der Waals surface area contributed by atoms with E-state index in [0.717, 1.165) is 29.0 Å². The molecule has 0 fully saturated rings. The number of amides is 1. The van der Waals surface area contributed by atoms with E-state index in [4.69, 9.17) is 9.47 Å². The van der Waals surface area contributed by atoms with E-state index >= 15 is 0 Å². The molecule has 0 saturated carbocycles. The van der Waals surface area contributed by atoms with Gasteiger partial charge in [0.05, 0.1) is 6.61 Å². The molecule has 0 unspecified atom stereocenters. The molecule has 0 spiro atoms. The van der Waals surface area contributed by atoms with Crippen molar-refractivity contribution in [3.63, 3.8) is 0 Å². The highest BCUT2D eigenvalue weighted by Gasteiger charge is 2.19. The first-order chi connectivity index (χ1) is 12.9. The molecule has 1 amide bonds. The highest BCUT2D eigenvalue weighted by Crippen LogP contribution is 2.32. The molecule has 0 saturated heterocycles. The second-order valence-electron chi connectivity index (χ2n) is 7.55. The molecule has 0 aromatic heterocycles. The average Bonchev–Trinajstić information content (AvgIpc) is 2.65. The van der Waals surface area contributed by atoms with Gasteiger partial charge < -0.3 is 14.8 Å². The van der Waals surface area contributed by atoms with Crippen LogP contribution in [-0.2, 0) is 12.0 Å². The van der Waals surface area contributed by atoms with E-state index in [1.54, 1.807) is 6.07 Å². The van der Waals surface area contributed by atoms with Gasteiger partial charge in [-0.05, 0) is 48.6 Å². The van der Waals surface area contributed by atoms with Crippen LogP contribution in [0.25, 0.3) is 0 Å². The van der Waals surface area contributed by atoms with Gasteiger partial charge in [-0.15, -0.1) is 0 Å². The highest BCUT2D eigenvalue weighted by atomic mass is 16.5. The third-order valence-electron chi connectivity index (χ3n) is 4.24. The van der Waals surface area contributed by atoms with Gasteiger partial charge >= 0.3 is 0 Å². The molecule has 0 bridgehead atoms. The van der Waals surface area contributed by atoms with Crippen molar-refractivity contribution in [2.45, 2.75) is 53.1 Å². The molecule has 0 heterocycles. The number of rotatable bonds is 8. The molecule has 4 nitrogen and oxygen atoms in total. The molecule has 27 heavy (non-hydrogen) atoms. The Morgan fingerprint density at radius 2 is 1.74 bits per heavy atom. The molecular weight excluding hydrogens is 338 g/mol. The van der Waals surface area contributed by atoms with Crippen molar-refractivity contribution in [1.82, 2.24) is 5.32 Å². The Morgan fingerprint density at radius 1 is 1.00 bits per heavy atom. The molecule has 0 atom stereocenters.